The second-order valence-electron chi connectivity index (χ2n) is 5.35. The Labute approximate surface area is 107 Å². The van der Waals surface area contributed by atoms with E-state index in [0.717, 1.165) is 30.4 Å². The number of aromatic carboxylic acids is 1. The average molecular weight is 246 g/mol. The monoisotopic (exact) mass is 246 g/mol. The minimum absolute atomic E-state index is 0.361. The van der Waals surface area contributed by atoms with Crippen LogP contribution in [-0.4, -0.2) is 28.6 Å². The van der Waals surface area contributed by atoms with Crippen molar-refractivity contribution in [1.29, 1.82) is 0 Å². The van der Waals surface area contributed by atoms with E-state index in [1.54, 1.807) is 12.1 Å². The van der Waals surface area contributed by atoms with Crippen molar-refractivity contribution in [2.45, 2.75) is 38.6 Å². The number of nitrogens with zero attached hydrogens (tertiary/aromatic N) is 2. The van der Waals surface area contributed by atoms with Crippen LogP contribution < -0.4 is 4.90 Å². The molecule has 1 N–H and O–H groups in total. The molecule has 1 saturated heterocycles. The molecular formula is C14H18N2O2. The Morgan fingerprint density at radius 1 is 1.50 bits per heavy atom. The van der Waals surface area contributed by atoms with Gasteiger partial charge >= 0.3 is 5.97 Å². The highest BCUT2D eigenvalue weighted by Gasteiger charge is 2.38. The van der Waals surface area contributed by atoms with Gasteiger partial charge in [0.1, 0.15) is 5.82 Å². The van der Waals surface area contributed by atoms with Gasteiger partial charge in [-0.05, 0) is 43.7 Å². The molecule has 2 unspecified atom stereocenters. The molecule has 3 rings (SSSR count). The van der Waals surface area contributed by atoms with Crippen LogP contribution in [0.5, 0.6) is 0 Å². The summed E-state index contributed by atoms with van der Waals surface area (Å²) >= 11 is 0. The third-order valence-corrected chi connectivity index (χ3v) is 4.18. The lowest BCUT2D eigenvalue weighted by atomic mass is 10.1. The lowest BCUT2D eigenvalue weighted by Crippen LogP contribution is -2.32. The molecule has 4 heteroatoms. The number of carboxylic acid groups (broad SMARTS) is 1. The molecular weight excluding hydrogens is 228 g/mol. The predicted octanol–water partition coefficient (Wildman–Crippen LogP) is 2.33. The van der Waals surface area contributed by atoms with Crippen molar-refractivity contribution in [2.75, 3.05) is 11.4 Å². The fraction of sp³-hybridized carbons (Fsp3) is 0.571. The number of fused-ring (bicyclic) bond motifs is 2. The van der Waals surface area contributed by atoms with Gasteiger partial charge in [0, 0.05) is 18.3 Å². The number of rotatable bonds is 3. The maximum atomic E-state index is 11.1. The summed E-state index contributed by atoms with van der Waals surface area (Å²) in [6, 6.07) is 3.98. The lowest BCUT2D eigenvalue weighted by molar-refractivity contribution is 0.0696. The Hall–Kier alpha value is -1.58. The summed E-state index contributed by atoms with van der Waals surface area (Å²) in [5.41, 5.74) is 1.23. The third-order valence-electron chi connectivity index (χ3n) is 4.18. The first-order valence-electron chi connectivity index (χ1n) is 6.68. The van der Waals surface area contributed by atoms with E-state index in [9.17, 15) is 4.79 Å². The summed E-state index contributed by atoms with van der Waals surface area (Å²) < 4.78 is 0. The number of hydrogen-bond acceptors (Lipinski definition) is 3. The number of aromatic nitrogens is 1. The molecule has 1 aromatic heterocycles. The van der Waals surface area contributed by atoms with Crippen LogP contribution in [0, 0.1) is 5.92 Å². The fourth-order valence-corrected chi connectivity index (χ4v) is 3.23. The molecule has 0 aromatic carbocycles. The van der Waals surface area contributed by atoms with Gasteiger partial charge in [0.15, 0.2) is 0 Å². The van der Waals surface area contributed by atoms with Gasteiger partial charge in [-0.3, -0.25) is 0 Å². The highest BCUT2D eigenvalue weighted by Crippen LogP contribution is 2.39. The van der Waals surface area contributed by atoms with Gasteiger partial charge in [-0.15, -0.1) is 0 Å². The van der Waals surface area contributed by atoms with Gasteiger partial charge < -0.3 is 10.0 Å². The van der Waals surface area contributed by atoms with E-state index in [2.05, 4.69) is 9.88 Å². The van der Waals surface area contributed by atoms with Crippen LogP contribution >= 0.6 is 0 Å². The molecule has 2 bridgehead atoms. The second-order valence-corrected chi connectivity index (χ2v) is 5.35. The number of aryl methyl sites for hydroxylation is 1. The van der Waals surface area contributed by atoms with Gasteiger partial charge in [0.25, 0.3) is 0 Å². The van der Waals surface area contributed by atoms with Crippen LogP contribution in [0.15, 0.2) is 12.1 Å². The highest BCUT2D eigenvalue weighted by atomic mass is 16.4. The number of carbonyl (C=O) groups is 1. The van der Waals surface area contributed by atoms with Gasteiger partial charge in [-0.2, -0.15) is 0 Å². The van der Waals surface area contributed by atoms with E-state index >= 15 is 0 Å². The number of pyridine rings is 1. The van der Waals surface area contributed by atoms with Crippen LogP contribution in [0.3, 0.4) is 0 Å². The van der Waals surface area contributed by atoms with Gasteiger partial charge in [-0.1, -0.05) is 6.92 Å². The van der Waals surface area contributed by atoms with Crippen molar-refractivity contribution in [3.05, 3.63) is 23.4 Å². The Kier molecular flexibility index (Phi) is 2.73. The molecule has 2 aliphatic rings. The summed E-state index contributed by atoms with van der Waals surface area (Å²) in [5, 5.41) is 9.16. The molecule has 2 atom stereocenters. The quantitative estimate of drug-likeness (QED) is 0.889. The molecule has 2 heterocycles. The van der Waals surface area contributed by atoms with Crippen molar-refractivity contribution in [3.63, 3.8) is 0 Å². The largest absolute Gasteiger partial charge is 0.478 e. The molecule has 0 amide bonds. The SMILES string of the molecule is CCc1cc(C(=O)O)cc(N2CC3CCC2C3)n1. The summed E-state index contributed by atoms with van der Waals surface area (Å²) in [4.78, 5) is 18.1. The normalized spacial score (nSPS) is 25.7. The molecule has 1 aliphatic carbocycles. The van der Waals surface area contributed by atoms with Crippen LogP contribution in [0.1, 0.15) is 42.2 Å². The molecule has 4 nitrogen and oxygen atoms in total. The van der Waals surface area contributed by atoms with E-state index in [1.165, 1.54) is 19.3 Å². The molecule has 1 saturated carbocycles. The Bertz CT molecular complexity index is 487. The third kappa shape index (κ3) is 1.85. The average Bonchev–Trinajstić information content (AvgIpc) is 3.00. The number of carboxylic acids is 1. The summed E-state index contributed by atoms with van der Waals surface area (Å²) in [5.74, 6) is 0.784. The van der Waals surface area contributed by atoms with E-state index in [-0.39, 0.29) is 0 Å². The number of piperidine rings is 1. The zero-order chi connectivity index (χ0) is 12.7. The lowest BCUT2D eigenvalue weighted by Gasteiger charge is -2.28. The highest BCUT2D eigenvalue weighted by molar-refractivity contribution is 5.88. The van der Waals surface area contributed by atoms with Crippen molar-refractivity contribution < 1.29 is 9.90 Å². The molecule has 1 aliphatic heterocycles. The standard InChI is InChI=1S/C14H18N2O2/c1-2-11-6-10(14(17)18)7-13(15-11)16-8-9-3-4-12(16)5-9/h6-7,9,12H,2-5,8H2,1H3,(H,17,18). The van der Waals surface area contributed by atoms with E-state index < -0.39 is 5.97 Å². The van der Waals surface area contributed by atoms with Gasteiger partial charge in [-0.25, -0.2) is 9.78 Å². The first-order chi connectivity index (χ1) is 8.67. The van der Waals surface area contributed by atoms with Crippen LogP contribution in [-0.2, 0) is 6.42 Å². The zero-order valence-corrected chi connectivity index (χ0v) is 10.6. The number of hydrogen-bond donors (Lipinski definition) is 1. The van der Waals surface area contributed by atoms with Crippen molar-refractivity contribution in [3.8, 4) is 0 Å². The second kappa shape index (κ2) is 4.26. The van der Waals surface area contributed by atoms with E-state index in [0.29, 0.717) is 11.6 Å². The van der Waals surface area contributed by atoms with Crippen LogP contribution in [0.2, 0.25) is 0 Å². The Balaban J connectivity index is 1.96. The van der Waals surface area contributed by atoms with E-state index in [4.69, 9.17) is 5.11 Å². The van der Waals surface area contributed by atoms with Crippen LogP contribution in [0.4, 0.5) is 5.82 Å². The summed E-state index contributed by atoms with van der Waals surface area (Å²) in [6.07, 6.45) is 4.57. The molecule has 96 valence electrons. The van der Waals surface area contributed by atoms with Gasteiger partial charge in [0.2, 0.25) is 0 Å². The zero-order valence-electron chi connectivity index (χ0n) is 10.6. The smallest absolute Gasteiger partial charge is 0.335 e. The molecule has 0 radical (unpaired) electrons. The minimum Gasteiger partial charge on any atom is -0.478 e. The van der Waals surface area contributed by atoms with Crippen LogP contribution in [0.25, 0.3) is 0 Å². The van der Waals surface area contributed by atoms with Crippen molar-refractivity contribution in [2.24, 2.45) is 5.92 Å². The first-order valence-corrected chi connectivity index (χ1v) is 6.68. The minimum atomic E-state index is -0.863. The topological polar surface area (TPSA) is 53.4 Å². The van der Waals surface area contributed by atoms with Crippen molar-refractivity contribution >= 4 is 11.8 Å². The molecule has 2 fully saturated rings. The van der Waals surface area contributed by atoms with Gasteiger partial charge in [0.05, 0.1) is 5.56 Å². The van der Waals surface area contributed by atoms with Crippen molar-refractivity contribution in [1.82, 2.24) is 4.98 Å². The molecule has 1 aromatic rings. The molecule has 18 heavy (non-hydrogen) atoms. The maximum absolute atomic E-state index is 11.1. The predicted molar refractivity (Wildman–Crippen MR) is 69.0 cm³/mol. The summed E-state index contributed by atoms with van der Waals surface area (Å²) in [6.45, 7) is 3.05. The molecule has 0 spiro atoms. The maximum Gasteiger partial charge on any atom is 0.335 e. The number of anilines is 1. The fourth-order valence-electron chi connectivity index (χ4n) is 3.23. The first kappa shape index (κ1) is 11.5. The summed E-state index contributed by atoms with van der Waals surface area (Å²) in [7, 11) is 0. The Morgan fingerprint density at radius 3 is 2.89 bits per heavy atom. The van der Waals surface area contributed by atoms with E-state index in [1.807, 2.05) is 6.92 Å². The Morgan fingerprint density at radius 2 is 2.33 bits per heavy atom.